The second kappa shape index (κ2) is 3.42. The fraction of sp³-hybridized carbons (Fsp3) is 0.667. The van der Waals surface area contributed by atoms with Crippen molar-refractivity contribution in [3.63, 3.8) is 0 Å². The lowest BCUT2D eigenvalue weighted by Gasteiger charge is -1.91. The summed E-state index contributed by atoms with van der Waals surface area (Å²) in [5.41, 5.74) is 4.48. The van der Waals surface area contributed by atoms with Crippen molar-refractivity contribution >= 4 is 6.09 Å². The monoisotopic (exact) mass is 104 g/mol. The summed E-state index contributed by atoms with van der Waals surface area (Å²) in [4.78, 5) is 9.62. The minimum Gasteiger partial charge on any atom is -0.447 e. The molecular weight excluding hydrogens is 98.0 g/mol. The molecule has 2 N–H and O–H groups in total. The molecule has 0 aliphatic carbocycles. The first kappa shape index (κ1) is 6.23. The molecule has 0 saturated carbocycles. The van der Waals surface area contributed by atoms with E-state index in [4.69, 9.17) is 0 Å². The van der Waals surface area contributed by atoms with Crippen molar-refractivity contribution in [2.45, 2.75) is 0 Å². The lowest BCUT2D eigenvalue weighted by Crippen LogP contribution is -2.14. The molecule has 0 aromatic rings. The average Bonchev–Trinajstić information content (AvgIpc) is 1.61. The van der Waals surface area contributed by atoms with E-state index in [-0.39, 0.29) is 6.61 Å². The molecule has 0 unspecified atom stereocenters. The minimum atomic E-state index is -0.893. The maximum absolute atomic E-state index is 9.62. The van der Waals surface area contributed by atoms with Gasteiger partial charge in [0.25, 0.3) is 0 Å². The smallest absolute Gasteiger partial charge is 0.404 e. The summed E-state index contributed by atoms with van der Waals surface area (Å²) in [6.07, 6.45) is -0.893. The normalized spacial score (nSPS) is 8.14. The van der Waals surface area contributed by atoms with Gasteiger partial charge in [-0.15, -0.1) is 0 Å². The van der Waals surface area contributed by atoms with Crippen molar-refractivity contribution in [3.05, 3.63) is 0 Å². The molecule has 0 aromatic heterocycles. The molecule has 4 heteroatoms. The topological polar surface area (TPSA) is 72.2 Å². The summed E-state index contributed by atoms with van der Waals surface area (Å²) in [7, 11) is 0. The highest BCUT2D eigenvalue weighted by Crippen LogP contribution is 1.68. The third kappa shape index (κ3) is 5.23. The number of nitrogens with two attached hydrogens (primary N) is 1. The minimum absolute atomic E-state index is 0.130. The SMILES string of the molecule is NC(=O)OCC[O]. The highest BCUT2D eigenvalue weighted by atomic mass is 16.6. The predicted molar refractivity (Wildman–Crippen MR) is 21.1 cm³/mol. The third-order valence-corrected chi connectivity index (χ3v) is 0.328. The van der Waals surface area contributed by atoms with Crippen LogP contribution in [0.4, 0.5) is 4.79 Å². The van der Waals surface area contributed by atoms with Crippen LogP contribution in [-0.2, 0) is 9.84 Å². The van der Waals surface area contributed by atoms with Crippen LogP contribution >= 0.6 is 0 Å². The van der Waals surface area contributed by atoms with Crippen LogP contribution in [0.2, 0.25) is 0 Å². The van der Waals surface area contributed by atoms with Crippen LogP contribution < -0.4 is 5.73 Å². The molecule has 0 atom stereocenters. The first-order valence-corrected chi connectivity index (χ1v) is 1.77. The van der Waals surface area contributed by atoms with E-state index < -0.39 is 12.7 Å². The molecular formula is C3H6NO3. The van der Waals surface area contributed by atoms with Gasteiger partial charge in [0.05, 0.1) is 0 Å². The summed E-state index contributed by atoms with van der Waals surface area (Å²) in [5, 5.41) is 9.50. The number of amides is 1. The number of hydrogen-bond acceptors (Lipinski definition) is 2. The molecule has 0 heterocycles. The Balaban J connectivity index is 2.82. The van der Waals surface area contributed by atoms with Crippen molar-refractivity contribution in [1.29, 1.82) is 0 Å². The second-order valence-electron chi connectivity index (χ2n) is 0.872. The lowest BCUT2D eigenvalue weighted by atomic mass is 10.8. The van der Waals surface area contributed by atoms with E-state index >= 15 is 0 Å². The van der Waals surface area contributed by atoms with E-state index in [1.165, 1.54) is 0 Å². The van der Waals surface area contributed by atoms with Gasteiger partial charge < -0.3 is 10.5 Å². The number of carbonyl (C=O) groups excluding carboxylic acids is 1. The van der Waals surface area contributed by atoms with Crippen molar-refractivity contribution in [1.82, 2.24) is 0 Å². The zero-order valence-corrected chi connectivity index (χ0v) is 3.72. The summed E-state index contributed by atoms with van der Waals surface area (Å²) < 4.78 is 4.02. The van der Waals surface area contributed by atoms with Crippen LogP contribution in [0.1, 0.15) is 0 Å². The summed E-state index contributed by atoms with van der Waals surface area (Å²) in [6, 6.07) is 0. The lowest BCUT2D eigenvalue weighted by molar-refractivity contribution is 0.0981. The van der Waals surface area contributed by atoms with Gasteiger partial charge in [0, 0.05) is 0 Å². The zero-order valence-electron chi connectivity index (χ0n) is 3.72. The van der Waals surface area contributed by atoms with Gasteiger partial charge in [-0.2, -0.15) is 0 Å². The Morgan fingerprint density at radius 1 is 1.71 bits per heavy atom. The summed E-state index contributed by atoms with van der Waals surface area (Å²) >= 11 is 0. The quantitative estimate of drug-likeness (QED) is 0.513. The van der Waals surface area contributed by atoms with Crippen molar-refractivity contribution in [2.24, 2.45) is 5.73 Å². The summed E-state index contributed by atoms with van der Waals surface area (Å²) in [5.74, 6) is 0. The first-order chi connectivity index (χ1) is 3.27. The Labute approximate surface area is 40.9 Å². The van der Waals surface area contributed by atoms with Crippen molar-refractivity contribution in [2.75, 3.05) is 13.2 Å². The number of ether oxygens (including phenoxy) is 1. The second-order valence-corrected chi connectivity index (χ2v) is 0.872. The highest BCUT2D eigenvalue weighted by Gasteiger charge is 1.87. The molecule has 7 heavy (non-hydrogen) atoms. The zero-order chi connectivity index (χ0) is 5.70. The van der Waals surface area contributed by atoms with Crippen molar-refractivity contribution in [3.8, 4) is 0 Å². The Kier molecular flexibility index (Phi) is 3.04. The molecule has 0 rings (SSSR count). The van der Waals surface area contributed by atoms with Crippen LogP contribution in [0.25, 0.3) is 0 Å². The van der Waals surface area contributed by atoms with Gasteiger partial charge in [-0.05, 0) is 0 Å². The van der Waals surface area contributed by atoms with Gasteiger partial charge in [-0.3, -0.25) is 0 Å². The predicted octanol–water partition coefficient (Wildman–Crippen LogP) is -0.488. The molecule has 1 amide bonds. The van der Waals surface area contributed by atoms with Crippen LogP contribution in [0.5, 0.6) is 0 Å². The van der Waals surface area contributed by atoms with Gasteiger partial charge in [0.2, 0.25) is 0 Å². The third-order valence-electron chi connectivity index (χ3n) is 0.328. The Bertz CT molecular complexity index is 63.2. The molecule has 0 bridgehead atoms. The van der Waals surface area contributed by atoms with Crippen molar-refractivity contribution < 1.29 is 14.6 Å². The van der Waals surface area contributed by atoms with E-state index in [0.717, 1.165) is 0 Å². The largest absolute Gasteiger partial charge is 0.447 e. The van der Waals surface area contributed by atoms with Crippen LogP contribution in [0.3, 0.4) is 0 Å². The molecule has 0 fully saturated rings. The fourth-order valence-corrected chi connectivity index (χ4v) is 0.142. The number of rotatable bonds is 2. The Morgan fingerprint density at radius 3 is 2.43 bits per heavy atom. The molecule has 0 aliphatic rings. The molecule has 0 spiro atoms. The van der Waals surface area contributed by atoms with E-state index in [1.807, 2.05) is 0 Å². The van der Waals surface area contributed by atoms with Crippen LogP contribution in [0.15, 0.2) is 0 Å². The van der Waals surface area contributed by atoms with Crippen LogP contribution in [-0.4, -0.2) is 19.3 Å². The molecule has 0 aliphatic heterocycles. The summed E-state index contributed by atoms with van der Waals surface area (Å²) in [6.45, 7) is -0.557. The van der Waals surface area contributed by atoms with Gasteiger partial charge >= 0.3 is 6.09 Å². The van der Waals surface area contributed by atoms with E-state index in [9.17, 15) is 9.90 Å². The van der Waals surface area contributed by atoms with Gasteiger partial charge in [-0.1, -0.05) is 0 Å². The van der Waals surface area contributed by atoms with Crippen LogP contribution in [0, 0.1) is 0 Å². The molecule has 0 saturated heterocycles. The van der Waals surface area contributed by atoms with E-state index in [1.54, 1.807) is 0 Å². The maximum atomic E-state index is 9.62. The van der Waals surface area contributed by atoms with E-state index in [2.05, 4.69) is 10.5 Å². The first-order valence-electron chi connectivity index (χ1n) is 1.77. The van der Waals surface area contributed by atoms with Gasteiger partial charge in [-0.25, -0.2) is 9.90 Å². The molecule has 41 valence electrons. The number of carbonyl (C=O) groups is 1. The highest BCUT2D eigenvalue weighted by molar-refractivity contribution is 5.64. The number of primary amides is 1. The molecule has 0 aromatic carbocycles. The average molecular weight is 104 g/mol. The molecule has 4 nitrogen and oxygen atoms in total. The Morgan fingerprint density at radius 2 is 2.29 bits per heavy atom. The van der Waals surface area contributed by atoms with Gasteiger partial charge in [0.15, 0.2) is 0 Å². The van der Waals surface area contributed by atoms with Gasteiger partial charge in [0.1, 0.15) is 13.2 Å². The van der Waals surface area contributed by atoms with E-state index in [0.29, 0.717) is 0 Å². The number of hydrogen-bond donors (Lipinski definition) is 1. The standard InChI is InChI=1S/C3H6NO3/c4-3(6)7-2-1-5/h1-2H2,(H2,4,6). The molecule has 1 radical (unpaired) electrons. The Hall–Kier alpha value is -0.770. The maximum Gasteiger partial charge on any atom is 0.404 e. The fourth-order valence-electron chi connectivity index (χ4n) is 0.142.